The van der Waals surface area contributed by atoms with E-state index in [-0.39, 0.29) is 6.03 Å². The number of nitrogens with one attached hydrogen (secondary N) is 2. The lowest BCUT2D eigenvalue weighted by molar-refractivity contribution is 0.252. The first kappa shape index (κ1) is 15.3. The highest BCUT2D eigenvalue weighted by Gasteiger charge is 2.09. The summed E-state index contributed by atoms with van der Waals surface area (Å²) in [6, 6.07) is 5.49. The molecule has 0 aliphatic rings. The fourth-order valence-corrected chi connectivity index (χ4v) is 2.81. The first-order chi connectivity index (χ1) is 11.2. The van der Waals surface area contributed by atoms with Crippen LogP contribution < -0.4 is 15.4 Å². The summed E-state index contributed by atoms with van der Waals surface area (Å²) >= 11 is 1.27. The van der Waals surface area contributed by atoms with Crippen LogP contribution in [0.25, 0.3) is 11.1 Å². The minimum Gasteiger partial charge on any atom is -0.486 e. The maximum absolute atomic E-state index is 11.8. The van der Waals surface area contributed by atoms with Crippen LogP contribution in [0.1, 0.15) is 11.5 Å². The van der Waals surface area contributed by atoms with Crippen molar-refractivity contribution in [2.45, 2.75) is 13.3 Å². The number of nitrogens with zero attached hydrogens (tertiary/aromatic N) is 2. The number of urea groups is 1. The highest BCUT2D eigenvalue weighted by molar-refractivity contribution is 7.17. The number of carbonyl (C=O) groups is 1. The number of para-hydroxylation sites is 1. The van der Waals surface area contributed by atoms with E-state index in [1.165, 1.54) is 11.3 Å². The van der Waals surface area contributed by atoms with Gasteiger partial charge in [-0.1, -0.05) is 23.5 Å². The van der Waals surface area contributed by atoms with E-state index in [1.807, 2.05) is 25.1 Å². The van der Waals surface area contributed by atoms with Gasteiger partial charge in [0.1, 0.15) is 5.52 Å². The molecule has 0 unspecified atom stereocenters. The van der Waals surface area contributed by atoms with E-state index in [0.29, 0.717) is 29.1 Å². The summed E-state index contributed by atoms with van der Waals surface area (Å²) < 4.78 is 10.5. The molecule has 23 heavy (non-hydrogen) atoms. The molecule has 2 aromatic heterocycles. The van der Waals surface area contributed by atoms with Gasteiger partial charge < -0.3 is 14.5 Å². The molecular weight excluding hydrogens is 316 g/mol. The van der Waals surface area contributed by atoms with E-state index >= 15 is 0 Å². The van der Waals surface area contributed by atoms with Gasteiger partial charge in [-0.25, -0.2) is 14.8 Å². The van der Waals surface area contributed by atoms with Crippen LogP contribution in [0.4, 0.5) is 9.93 Å². The summed E-state index contributed by atoms with van der Waals surface area (Å²) in [5.41, 5.74) is 2.65. The number of anilines is 1. The number of aryl methyl sites for hydroxylation is 1. The molecule has 8 heteroatoms. The Labute approximate surface area is 136 Å². The number of hydrogen-bond acceptors (Lipinski definition) is 6. The number of carbonyl (C=O) groups excluding carboxylic acids is 1. The predicted octanol–water partition coefficient (Wildman–Crippen LogP) is 2.97. The van der Waals surface area contributed by atoms with E-state index in [2.05, 4.69) is 20.6 Å². The monoisotopic (exact) mass is 332 g/mol. The van der Waals surface area contributed by atoms with Crippen molar-refractivity contribution in [2.24, 2.45) is 0 Å². The van der Waals surface area contributed by atoms with Crippen molar-refractivity contribution >= 4 is 33.6 Å². The number of thiazole rings is 1. The molecular formula is C15H16N4O3S. The Hall–Kier alpha value is -2.61. The van der Waals surface area contributed by atoms with E-state index < -0.39 is 0 Å². The highest BCUT2D eigenvalue weighted by atomic mass is 32.1. The van der Waals surface area contributed by atoms with E-state index in [4.69, 9.17) is 9.15 Å². The minimum atomic E-state index is -0.300. The summed E-state index contributed by atoms with van der Waals surface area (Å²) in [5.74, 6) is 0.635. The average Bonchev–Trinajstić information content (AvgIpc) is 3.13. The third-order valence-electron chi connectivity index (χ3n) is 3.20. The fourth-order valence-electron chi connectivity index (χ4n) is 2.18. The number of amides is 2. The van der Waals surface area contributed by atoms with Gasteiger partial charge >= 0.3 is 6.03 Å². The number of aromatic nitrogens is 2. The molecule has 2 amide bonds. The normalized spacial score (nSPS) is 10.7. The quantitative estimate of drug-likeness (QED) is 0.750. The Morgan fingerprint density at radius 1 is 1.43 bits per heavy atom. The Bertz CT molecular complexity index is 827. The van der Waals surface area contributed by atoms with Crippen LogP contribution in [-0.2, 0) is 6.42 Å². The average molecular weight is 332 g/mol. The number of rotatable bonds is 5. The molecule has 0 bridgehead atoms. The molecule has 2 N–H and O–H groups in total. The number of hydrogen-bond donors (Lipinski definition) is 2. The molecule has 0 atom stereocenters. The lowest BCUT2D eigenvalue weighted by atomic mass is 10.1. The van der Waals surface area contributed by atoms with Crippen molar-refractivity contribution in [1.29, 1.82) is 0 Å². The zero-order valence-corrected chi connectivity index (χ0v) is 13.6. The lowest BCUT2D eigenvalue weighted by Crippen LogP contribution is -2.30. The summed E-state index contributed by atoms with van der Waals surface area (Å²) in [7, 11) is 1.56. The highest BCUT2D eigenvalue weighted by Crippen LogP contribution is 2.24. The molecule has 0 spiro atoms. The molecule has 3 rings (SSSR count). The van der Waals surface area contributed by atoms with Crippen LogP contribution >= 0.6 is 11.3 Å². The summed E-state index contributed by atoms with van der Waals surface area (Å²) in [5, 5.41) is 6.60. The molecule has 2 heterocycles. The molecule has 0 saturated carbocycles. The lowest BCUT2D eigenvalue weighted by Gasteiger charge is -2.05. The predicted molar refractivity (Wildman–Crippen MR) is 88.1 cm³/mol. The smallest absolute Gasteiger partial charge is 0.321 e. The van der Waals surface area contributed by atoms with Crippen molar-refractivity contribution in [3.05, 3.63) is 35.9 Å². The van der Waals surface area contributed by atoms with E-state index in [0.717, 1.165) is 16.7 Å². The van der Waals surface area contributed by atoms with Crippen LogP contribution in [-0.4, -0.2) is 29.7 Å². The maximum Gasteiger partial charge on any atom is 0.321 e. The summed E-state index contributed by atoms with van der Waals surface area (Å²) in [6.07, 6.45) is 2.23. The van der Waals surface area contributed by atoms with Crippen LogP contribution in [0.15, 0.2) is 28.8 Å². The van der Waals surface area contributed by atoms with Crippen molar-refractivity contribution in [1.82, 2.24) is 15.3 Å². The number of methoxy groups -OCH3 is 1. The second-order valence-corrected chi connectivity index (χ2v) is 5.81. The SMILES string of the molecule is COc1cnc(NC(=O)NCCc2cccc3oc(C)nc23)s1. The summed E-state index contributed by atoms with van der Waals surface area (Å²) in [6.45, 7) is 2.30. The van der Waals surface area contributed by atoms with Gasteiger partial charge in [-0.15, -0.1) is 0 Å². The molecule has 0 saturated heterocycles. The Morgan fingerprint density at radius 2 is 2.30 bits per heavy atom. The van der Waals surface area contributed by atoms with E-state index in [9.17, 15) is 4.79 Å². The van der Waals surface area contributed by atoms with Crippen LogP contribution in [0.2, 0.25) is 0 Å². The van der Waals surface area contributed by atoms with Crippen LogP contribution in [0.3, 0.4) is 0 Å². The molecule has 0 aliphatic carbocycles. The fraction of sp³-hybridized carbons (Fsp3) is 0.267. The van der Waals surface area contributed by atoms with E-state index in [1.54, 1.807) is 13.3 Å². The van der Waals surface area contributed by atoms with Crippen molar-refractivity contribution in [2.75, 3.05) is 19.0 Å². The van der Waals surface area contributed by atoms with Gasteiger partial charge in [0.15, 0.2) is 21.7 Å². The number of ether oxygens (including phenoxy) is 1. The Kier molecular flexibility index (Phi) is 4.42. The third-order valence-corrected chi connectivity index (χ3v) is 4.07. The number of benzene rings is 1. The van der Waals surface area contributed by atoms with Gasteiger partial charge in [0.25, 0.3) is 0 Å². The van der Waals surface area contributed by atoms with Gasteiger partial charge in [0.05, 0.1) is 13.3 Å². The molecule has 0 radical (unpaired) electrons. The zero-order valence-electron chi connectivity index (χ0n) is 12.8. The molecule has 0 aliphatic heterocycles. The van der Waals surface area contributed by atoms with Crippen LogP contribution in [0, 0.1) is 6.92 Å². The molecule has 3 aromatic rings. The Balaban J connectivity index is 1.55. The molecule has 0 fully saturated rings. The van der Waals surface area contributed by atoms with Gasteiger partial charge in [0.2, 0.25) is 0 Å². The second kappa shape index (κ2) is 6.66. The largest absolute Gasteiger partial charge is 0.486 e. The van der Waals surface area contributed by atoms with Crippen molar-refractivity contribution in [3.8, 4) is 5.06 Å². The first-order valence-corrected chi connectivity index (χ1v) is 7.87. The van der Waals surface area contributed by atoms with Crippen molar-refractivity contribution in [3.63, 3.8) is 0 Å². The first-order valence-electron chi connectivity index (χ1n) is 7.05. The zero-order chi connectivity index (χ0) is 16.2. The molecule has 120 valence electrons. The van der Waals surface area contributed by atoms with Gasteiger partial charge in [-0.3, -0.25) is 5.32 Å². The molecule has 1 aromatic carbocycles. The van der Waals surface area contributed by atoms with Gasteiger partial charge in [-0.2, -0.15) is 0 Å². The standard InChI is InChI=1S/C15H16N4O3S/c1-9-18-13-10(4-3-5-11(13)22-9)6-7-16-14(20)19-15-17-8-12(21-2)23-15/h3-5,8H,6-7H2,1-2H3,(H2,16,17,19,20). The van der Waals surface area contributed by atoms with Gasteiger partial charge in [0, 0.05) is 13.5 Å². The summed E-state index contributed by atoms with van der Waals surface area (Å²) in [4.78, 5) is 20.2. The maximum atomic E-state index is 11.8. The number of fused-ring (bicyclic) bond motifs is 1. The van der Waals surface area contributed by atoms with Gasteiger partial charge in [-0.05, 0) is 18.1 Å². The van der Waals surface area contributed by atoms with Crippen LogP contribution in [0.5, 0.6) is 5.06 Å². The second-order valence-electron chi connectivity index (χ2n) is 4.82. The molecule has 7 nitrogen and oxygen atoms in total. The topological polar surface area (TPSA) is 89.3 Å². The third kappa shape index (κ3) is 3.59. The minimum absolute atomic E-state index is 0.300. The Morgan fingerprint density at radius 3 is 3.09 bits per heavy atom. The van der Waals surface area contributed by atoms with Crippen molar-refractivity contribution < 1.29 is 13.9 Å². The number of oxazole rings is 1.